The number of hydrogen-bond donors (Lipinski definition) is 2. The second-order valence-electron chi connectivity index (χ2n) is 9.42. The Morgan fingerprint density at radius 3 is 2.47 bits per heavy atom. The Balaban J connectivity index is 1.40. The summed E-state index contributed by atoms with van der Waals surface area (Å²) in [5.74, 6) is 1.45. The van der Waals surface area contributed by atoms with Gasteiger partial charge in [0.05, 0.1) is 18.4 Å². The van der Waals surface area contributed by atoms with E-state index in [0.29, 0.717) is 40.8 Å². The Bertz CT molecular complexity index is 1490. The van der Waals surface area contributed by atoms with Crippen molar-refractivity contribution in [3.05, 3.63) is 65.5 Å². The van der Waals surface area contributed by atoms with Gasteiger partial charge in [-0.15, -0.1) is 0 Å². The standard InChI is InChI=1S/C26H25F3N8O/c1-25(8-9-25)20-19(24(38-3)34-14-33-20)22-32-12-17(10-30)21(36-22)31-11-15-4-6-16(7-5-15)23-35-18(13-37(23)2)26(27,28)29/h4-7,10,12-14,30H,8-9,11H2,1-3H3,(H,31,32,36). The van der Waals surface area contributed by atoms with Crippen LogP contribution in [-0.4, -0.2) is 42.8 Å². The molecule has 0 unspecified atom stereocenters. The highest BCUT2D eigenvalue weighted by atomic mass is 19.4. The maximum atomic E-state index is 13.0. The molecule has 0 atom stereocenters. The number of halogens is 3. The van der Waals surface area contributed by atoms with Crippen LogP contribution in [0.1, 0.15) is 42.3 Å². The number of nitrogens with one attached hydrogen (secondary N) is 2. The smallest absolute Gasteiger partial charge is 0.434 e. The first-order valence-electron chi connectivity index (χ1n) is 11.8. The van der Waals surface area contributed by atoms with Gasteiger partial charge in [-0.2, -0.15) is 13.2 Å². The monoisotopic (exact) mass is 522 g/mol. The average Bonchev–Trinajstić information content (AvgIpc) is 3.54. The Morgan fingerprint density at radius 2 is 1.87 bits per heavy atom. The minimum absolute atomic E-state index is 0.0848. The molecule has 1 fully saturated rings. The average molecular weight is 523 g/mol. The van der Waals surface area contributed by atoms with E-state index in [1.807, 2.05) is 0 Å². The van der Waals surface area contributed by atoms with Crippen LogP contribution in [-0.2, 0) is 25.2 Å². The molecule has 12 heteroatoms. The van der Waals surface area contributed by atoms with Gasteiger partial charge in [0.25, 0.3) is 0 Å². The van der Waals surface area contributed by atoms with Crippen molar-refractivity contribution in [1.82, 2.24) is 29.5 Å². The van der Waals surface area contributed by atoms with Crippen molar-refractivity contribution < 1.29 is 17.9 Å². The van der Waals surface area contributed by atoms with Gasteiger partial charge in [-0.1, -0.05) is 31.2 Å². The first-order chi connectivity index (χ1) is 18.1. The van der Waals surface area contributed by atoms with Crippen LogP contribution in [0.5, 0.6) is 5.88 Å². The molecule has 9 nitrogen and oxygen atoms in total. The first kappa shape index (κ1) is 25.3. The van der Waals surface area contributed by atoms with Crippen LogP contribution in [0.2, 0.25) is 0 Å². The molecular formula is C26H25F3N8O. The van der Waals surface area contributed by atoms with Crippen LogP contribution < -0.4 is 10.1 Å². The van der Waals surface area contributed by atoms with Crippen LogP contribution >= 0.6 is 0 Å². The number of hydrogen-bond acceptors (Lipinski definition) is 8. The van der Waals surface area contributed by atoms with E-state index in [0.717, 1.165) is 36.5 Å². The third kappa shape index (κ3) is 4.81. The van der Waals surface area contributed by atoms with Crippen molar-refractivity contribution in [2.45, 2.75) is 37.9 Å². The zero-order chi connectivity index (χ0) is 27.1. The molecule has 0 spiro atoms. The fourth-order valence-electron chi connectivity index (χ4n) is 4.20. The van der Waals surface area contributed by atoms with Gasteiger partial charge in [0.1, 0.15) is 23.5 Å². The summed E-state index contributed by atoms with van der Waals surface area (Å²) in [5.41, 5.74) is 2.37. The fraction of sp³-hybridized carbons (Fsp3) is 0.308. The number of benzene rings is 1. The molecule has 1 aliphatic rings. The molecule has 3 heterocycles. The van der Waals surface area contributed by atoms with Crippen molar-refractivity contribution in [2.24, 2.45) is 7.05 Å². The third-order valence-electron chi connectivity index (χ3n) is 6.61. The van der Waals surface area contributed by atoms with E-state index in [9.17, 15) is 13.2 Å². The number of aromatic nitrogens is 6. The molecule has 0 amide bonds. The van der Waals surface area contributed by atoms with Crippen LogP contribution in [0.3, 0.4) is 0 Å². The van der Waals surface area contributed by atoms with Gasteiger partial charge in [-0.3, -0.25) is 0 Å². The minimum atomic E-state index is -4.50. The van der Waals surface area contributed by atoms with Crippen LogP contribution in [0.25, 0.3) is 22.8 Å². The quantitative estimate of drug-likeness (QED) is 0.312. The number of ether oxygens (including phenoxy) is 1. The fourth-order valence-corrected chi connectivity index (χ4v) is 4.20. The molecule has 1 saturated carbocycles. The molecule has 2 N–H and O–H groups in total. The first-order valence-corrected chi connectivity index (χ1v) is 11.8. The second-order valence-corrected chi connectivity index (χ2v) is 9.42. The molecular weight excluding hydrogens is 497 g/mol. The summed E-state index contributed by atoms with van der Waals surface area (Å²) in [6.07, 6.45) is 2.66. The lowest BCUT2D eigenvalue weighted by atomic mass is 9.99. The van der Waals surface area contributed by atoms with Crippen molar-refractivity contribution in [3.63, 3.8) is 0 Å². The third-order valence-corrected chi connectivity index (χ3v) is 6.61. The molecule has 1 aromatic carbocycles. The van der Waals surface area contributed by atoms with E-state index in [-0.39, 0.29) is 11.2 Å². The number of nitrogens with zero attached hydrogens (tertiary/aromatic N) is 6. The molecule has 1 aliphatic carbocycles. The predicted octanol–water partition coefficient (Wildman–Crippen LogP) is 5.02. The van der Waals surface area contributed by atoms with E-state index < -0.39 is 11.9 Å². The number of alkyl halides is 3. The van der Waals surface area contributed by atoms with E-state index in [2.05, 4.69) is 37.2 Å². The Hall–Kier alpha value is -4.35. The number of rotatable bonds is 8. The van der Waals surface area contributed by atoms with E-state index in [4.69, 9.17) is 10.1 Å². The largest absolute Gasteiger partial charge is 0.480 e. The molecule has 0 saturated heterocycles. The maximum absolute atomic E-state index is 13.0. The highest BCUT2D eigenvalue weighted by molar-refractivity contribution is 5.84. The highest BCUT2D eigenvalue weighted by Gasteiger charge is 2.44. The summed E-state index contributed by atoms with van der Waals surface area (Å²) in [6.45, 7) is 2.49. The van der Waals surface area contributed by atoms with Crippen molar-refractivity contribution in [3.8, 4) is 28.7 Å². The minimum Gasteiger partial charge on any atom is -0.480 e. The molecule has 5 rings (SSSR count). The van der Waals surface area contributed by atoms with Crippen LogP contribution in [0.4, 0.5) is 19.0 Å². The molecule has 0 radical (unpaired) electrons. The normalized spacial score (nSPS) is 14.3. The number of anilines is 1. The van der Waals surface area contributed by atoms with E-state index in [1.165, 1.54) is 25.1 Å². The lowest BCUT2D eigenvalue weighted by Crippen LogP contribution is -2.11. The summed E-state index contributed by atoms with van der Waals surface area (Å²) in [6, 6.07) is 7.04. The summed E-state index contributed by atoms with van der Waals surface area (Å²) in [5, 5.41) is 11.0. The molecule has 196 valence electrons. The van der Waals surface area contributed by atoms with Crippen LogP contribution in [0, 0.1) is 5.41 Å². The van der Waals surface area contributed by atoms with Gasteiger partial charge < -0.3 is 20.0 Å². The Labute approximate surface area is 216 Å². The van der Waals surface area contributed by atoms with Crippen LogP contribution in [0.15, 0.2) is 43.0 Å². The number of methoxy groups -OCH3 is 1. The van der Waals surface area contributed by atoms with E-state index >= 15 is 0 Å². The van der Waals surface area contributed by atoms with E-state index in [1.54, 1.807) is 30.5 Å². The topological polar surface area (TPSA) is 114 Å². The van der Waals surface area contributed by atoms with Crippen molar-refractivity contribution in [1.29, 1.82) is 5.41 Å². The lowest BCUT2D eigenvalue weighted by molar-refractivity contribution is -0.140. The lowest BCUT2D eigenvalue weighted by Gasteiger charge is -2.16. The summed E-state index contributed by atoms with van der Waals surface area (Å²) in [7, 11) is 3.06. The van der Waals surface area contributed by atoms with Crippen molar-refractivity contribution >= 4 is 12.0 Å². The Morgan fingerprint density at radius 1 is 1.13 bits per heavy atom. The molecule has 38 heavy (non-hydrogen) atoms. The zero-order valence-corrected chi connectivity index (χ0v) is 21.0. The molecule has 4 aromatic rings. The zero-order valence-electron chi connectivity index (χ0n) is 21.0. The van der Waals surface area contributed by atoms with Gasteiger partial charge in [-0.25, -0.2) is 24.9 Å². The SMILES string of the molecule is COc1ncnc(C2(C)CC2)c1-c1ncc(C=N)c(NCc2ccc(-c3nc(C(F)(F)F)cn3C)cc2)n1. The second kappa shape index (κ2) is 9.51. The van der Waals surface area contributed by atoms with Gasteiger partial charge >= 0.3 is 6.18 Å². The summed E-state index contributed by atoms with van der Waals surface area (Å²) >= 11 is 0. The summed E-state index contributed by atoms with van der Waals surface area (Å²) in [4.78, 5) is 21.7. The number of aryl methyl sites for hydroxylation is 1. The molecule has 0 aliphatic heterocycles. The molecule has 0 bridgehead atoms. The molecule has 3 aromatic heterocycles. The summed E-state index contributed by atoms with van der Waals surface area (Å²) < 4.78 is 45.9. The Kier molecular flexibility index (Phi) is 6.33. The van der Waals surface area contributed by atoms with Crippen molar-refractivity contribution in [2.75, 3.05) is 12.4 Å². The van der Waals surface area contributed by atoms with Gasteiger partial charge in [0, 0.05) is 43.2 Å². The maximum Gasteiger partial charge on any atom is 0.434 e. The predicted molar refractivity (Wildman–Crippen MR) is 135 cm³/mol. The highest BCUT2D eigenvalue weighted by Crippen LogP contribution is 2.50. The van der Waals surface area contributed by atoms with Gasteiger partial charge in [0.2, 0.25) is 5.88 Å². The van der Waals surface area contributed by atoms with Gasteiger partial charge in [0.15, 0.2) is 11.5 Å². The van der Waals surface area contributed by atoms with Gasteiger partial charge in [-0.05, 0) is 18.4 Å². The number of imidazole rings is 1.